The lowest BCUT2D eigenvalue weighted by molar-refractivity contribution is 0.322. The van der Waals surface area contributed by atoms with Crippen molar-refractivity contribution in [3.05, 3.63) is 39.8 Å². The van der Waals surface area contributed by atoms with Crippen molar-refractivity contribution in [2.24, 2.45) is 0 Å². The van der Waals surface area contributed by atoms with Gasteiger partial charge in [-0.2, -0.15) is 0 Å². The van der Waals surface area contributed by atoms with E-state index in [-0.39, 0.29) is 11.8 Å². The standard InChI is InChI=1S/C16H21FN2OS/c1-4-20-16-9-15(14(18)8-13(16)17)19-10(2)7-12-6-5-11(3)21-12/h5-6,8-10,19H,4,7,18H2,1-3H3. The van der Waals surface area contributed by atoms with Crippen LogP contribution < -0.4 is 15.8 Å². The topological polar surface area (TPSA) is 47.3 Å². The van der Waals surface area contributed by atoms with Gasteiger partial charge in [0.2, 0.25) is 0 Å². The summed E-state index contributed by atoms with van der Waals surface area (Å²) in [6, 6.07) is 7.38. The molecule has 1 atom stereocenters. The Morgan fingerprint density at radius 3 is 2.76 bits per heavy atom. The average Bonchev–Trinajstić information content (AvgIpc) is 2.80. The Kier molecular flexibility index (Phi) is 5.07. The van der Waals surface area contributed by atoms with Gasteiger partial charge in [0.25, 0.3) is 0 Å². The SMILES string of the molecule is CCOc1cc(NC(C)Cc2ccc(C)s2)c(N)cc1F. The minimum absolute atomic E-state index is 0.199. The molecule has 1 aromatic carbocycles. The number of anilines is 2. The molecule has 3 nitrogen and oxygen atoms in total. The molecule has 21 heavy (non-hydrogen) atoms. The molecule has 114 valence electrons. The number of nitrogen functional groups attached to an aromatic ring is 1. The number of hydrogen-bond donors (Lipinski definition) is 2. The lowest BCUT2D eigenvalue weighted by Crippen LogP contribution is -2.18. The van der Waals surface area contributed by atoms with Crippen LogP contribution in [-0.4, -0.2) is 12.6 Å². The molecular formula is C16H21FN2OS. The summed E-state index contributed by atoms with van der Waals surface area (Å²) in [4.78, 5) is 2.62. The average molecular weight is 308 g/mol. The van der Waals surface area contributed by atoms with Crippen molar-refractivity contribution in [3.63, 3.8) is 0 Å². The summed E-state index contributed by atoms with van der Waals surface area (Å²) in [7, 11) is 0. The third-order valence-electron chi connectivity index (χ3n) is 3.11. The smallest absolute Gasteiger partial charge is 0.167 e. The summed E-state index contributed by atoms with van der Waals surface area (Å²) < 4.78 is 18.9. The van der Waals surface area contributed by atoms with Gasteiger partial charge < -0.3 is 15.8 Å². The van der Waals surface area contributed by atoms with Crippen molar-refractivity contribution in [1.29, 1.82) is 0 Å². The number of nitrogens with two attached hydrogens (primary N) is 1. The molecule has 2 rings (SSSR count). The molecular weight excluding hydrogens is 287 g/mol. The van der Waals surface area contributed by atoms with Crippen molar-refractivity contribution < 1.29 is 9.13 Å². The van der Waals surface area contributed by atoms with Crippen LogP contribution in [0.15, 0.2) is 24.3 Å². The van der Waals surface area contributed by atoms with E-state index < -0.39 is 5.82 Å². The maximum absolute atomic E-state index is 13.7. The van der Waals surface area contributed by atoms with Crippen molar-refractivity contribution >= 4 is 22.7 Å². The first kappa shape index (κ1) is 15.6. The summed E-state index contributed by atoms with van der Waals surface area (Å²) in [5.41, 5.74) is 6.98. The van der Waals surface area contributed by atoms with Gasteiger partial charge in [-0.05, 0) is 32.9 Å². The molecule has 2 aromatic rings. The summed E-state index contributed by atoms with van der Waals surface area (Å²) in [6.07, 6.45) is 0.902. The second kappa shape index (κ2) is 6.80. The highest BCUT2D eigenvalue weighted by molar-refractivity contribution is 7.11. The van der Waals surface area contributed by atoms with Gasteiger partial charge in [-0.1, -0.05) is 0 Å². The van der Waals surface area contributed by atoms with Crippen LogP contribution in [-0.2, 0) is 6.42 Å². The van der Waals surface area contributed by atoms with E-state index in [4.69, 9.17) is 10.5 Å². The first-order valence-electron chi connectivity index (χ1n) is 7.03. The van der Waals surface area contributed by atoms with Crippen molar-refractivity contribution in [3.8, 4) is 5.75 Å². The van der Waals surface area contributed by atoms with Gasteiger partial charge in [0.1, 0.15) is 0 Å². The number of halogens is 1. The molecule has 0 amide bonds. The zero-order valence-electron chi connectivity index (χ0n) is 12.6. The van der Waals surface area contributed by atoms with Gasteiger partial charge in [-0.15, -0.1) is 11.3 Å². The third kappa shape index (κ3) is 4.11. The minimum Gasteiger partial charge on any atom is -0.491 e. The normalized spacial score (nSPS) is 12.2. The largest absolute Gasteiger partial charge is 0.491 e. The van der Waals surface area contributed by atoms with E-state index in [0.717, 1.165) is 6.42 Å². The first-order chi connectivity index (χ1) is 9.99. The fraction of sp³-hybridized carbons (Fsp3) is 0.375. The van der Waals surface area contributed by atoms with Gasteiger partial charge in [0, 0.05) is 34.3 Å². The fourth-order valence-corrected chi connectivity index (χ4v) is 3.19. The molecule has 1 unspecified atom stereocenters. The summed E-state index contributed by atoms with van der Waals surface area (Å²) >= 11 is 1.79. The van der Waals surface area contributed by atoms with Crippen LogP contribution in [0.1, 0.15) is 23.6 Å². The fourth-order valence-electron chi connectivity index (χ4n) is 2.17. The third-order valence-corrected chi connectivity index (χ3v) is 4.13. The van der Waals surface area contributed by atoms with E-state index in [1.807, 2.05) is 6.92 Å². The van der Waals surface area contributed by atoms with E-state index >= 15 is 0 Å². The zero-order chi connectivity index (χ0) is 15.4. The number of ether oxygens (including phenoxy) is 1. The van der Waals surface area contributed by atoms with Crippen molar-refractivity contribution in [2.75, 3.05) is 17.7 Å². The van der Waals surface area contributed by atoms with E-state index in [1.54, 1.807) is 17.4 Å². The zero-order valence-corrected chi connectivity index (χ0v) is 13.4. The van der Waals surface area contributed by atoms with Crippen LogP contribution in [0.3, 0.4) is 0 Å². The lowest BCUT2D eigenvalue weighted by Gasteiger charge is -2.17. The number of nitrogens with one attached hydrogen (secondary N) is 1. The van der Waals surface area contributed by atoms with Crippen LogP contribution in [0, 0.1) is 12.7 Å². The highest BCUT2D eigenvalue weighted by atomic mass is 32.1. The molecule has 0 spiro atoms. The Bertz CT molecular complexity index is 612. The molecule has 0 fully saturated rings. The van der Waals surface area contributed by atoms with Gasteiger partial charge >= 0.3 is 0 Å². The van der Waals surface area contributed by atoms with Gasteiger partial charge in [-0.3, -0.25) is 0 Å². The Morgan fingerprint density at radius 2 is 2.14 bits per heavy atom. The molecule has 0 aliphatic heterocycles. The molecule has 1 heterocycles. The second-order valence-corrected chi connectivity index (χ2v) is 6.44. The minimum atomic E-state index is -0.429. The van der Waals surface area contributed by atoms with Crippen LogP contribution >= 0.6 is 11.3 Å². The van der Waals surface area contributed by atoms with E-state index in [2.05, 4.69) is 31.3 Å². The van der Waals surface area contributed by atoms with Crippen LogP contribution in [0.25, 0.3) is 0 Å². The number of benzene rings is 1. The predicted octanol–water partition coefficient (Wildman–Crippen LogP) is 4.22. The molecule has 0 saturated carbocycles. The molecule has 0 bridgehead atoms. The Hall–Kier alpha value is -1.75. The number of rotatable bonds is 6. The highest BCUT2D eigenvalue weighted by Gasteiger charge is 2.12. The van der Waals surface area contributed by atoms with Gasteiger partial charge in [0.15, 0.2) is 11.6 Å². The molecule has 0 aliphatic carbocycles. The maximum Gasteiger partial charge on any atom is 0.167 e. The first-order valence-corrected chi connectivity index (χ1v) is 7.85. The second-order valence-electron chi connectivity index (χ2n) is 5.06. The van der Waals surface area contributed by atoms with E-state index in [9.17, 15) is 4.39 Å². The Morgan fingerprint density at radius 1 is 1.38 bits per heavy atom. The molecule has 3 N–H and O–H groups in total. The Labute approximate surface area is 128 Å². The summed E-state index contributed by atoms with van der Waals surface area (Å²) in [5, 5.41) is 3.33. The van der Waals surface area contributed by atoms with Crippen LogP contribution in [0.5, 0.6) is 5.75 Å². The van der Waals surface area contributed by atoms with E-state index in [0.29, 0.717) is 18.0 Å². The Balaban J connectivity index is 2.09. The van der Waals surface area contributed by atoms with Crippen LogP contribution in [0.2, 0.25) is 0 Å². The quantitative estimate of drug-likeness (QED) is 0.785. The predicted molar refractivity (Wildman–Crippen MR) is 87.8 cm³/mol. The molecule has 0 radical (unpaired) electrons. The highest BCUT2D eigenvalue weighted by Crippen LogP contribution is 2.29. The number of hydrogen-bond acceptors (Lipinski definition) is 4. The van der Waals surface area contributed by atoms with Crippen molar-refractivity contribution in [1.82, 2.24) is 0 Å². The van der Waals surface area contributed by atoms with Crippen molar-refractivity contribution in [2.45, 2.75) is 33.2 Å². The maximum atomic E-state index is 13.7. The van der Waals surface area contributed by atoms with E-state index in [1.165, 1.54) is 15.8 Å². The van der Waals surface area contributed by atoms with Gasteiger partial charge in [0.05, 0.1) is 18.0 Å². The van der Waals surface area contributed by atoms with Crippen LogP contribution in [0.4, 0.5) is 15.8 Å². The number of aryl methyl sites for hydroxylation is 1. The molecule has 0 aliphatic rings. The lowest BCUT2D eigenvalue weighted by atomic mass is 10.1. The molecule has 0 saturated heterocycles. The van der Waals surface area contributed by atoms with Gasteiger partial charge in [-0.25, -0.2) is 4.39 Å². The number of thiophene rings is 1. The summed E-state index contributed by atoms with van der Waals surface area (Å²) in [6.45, 7) is 6.42. The monoisotopic (exact) mass is 308 g/mol. The summed E-state index contributed by atoms with van der Waals surface area (Å²) in [5.74, 6) is -0.199. The molecule has 1 aromatic heterocycles. The molecule has 5 heteroatoms.